The number of carboxylic acid groups (broad SMARTS) is 1. The Kier molecular flexibility index (Phi) is 5.76. The number of carbonyl (C=O) groups excluding carboxylic acids is 1. The van der Waals surface area contributed by atoms with Crippen molar-refractivity contribution in [2.24, 2.45) is 5.92 Å². The molecule has 1 aromatic rings. The summed E-state index contributed by atoms with van der Waals surface area (Å²) in [7, 11) is -3.44. The number of nitrogens with one attached hydrogen (secondary N) is 1. The third kappa shape index (κ3) is 5.67. The van der Waals surface area contributed by atoms with Crippen LogP contribution < -0.4 is 5.32 Å². The van der Waals surface area contributed by atoms with E-state index in [2.05, 4.69) is 5.32 Å². The van der Waals surface area contributed by atoms with Gasteiger partial charge in [0, 0.05) is 6.04 Å². The van der Waals surface area contributed by atoms with Crippen LogP contribution in [-0.2, 0) is 25.8 Å². The van der Waals surface area contributed by atoms with Crippen LogP contribution in [0.2, 0.25) is 0 Å². The van der Waals surface area contributed by atoms with Crippen molar-refractivity contribution in [3.8, 4) is 0 Å². The zero-order valence-electron chi connectivity index (χ0n) is 12.8. The Hall–Kier alpha value is -1.89. The molecule has 23 heavy (non-hydrogen) atoms. The minimum absolute atomic E-state index is 0.0300. The Balaban J connectivity index is 1.69. The van der Waals surface area contributed by atoms with E-state index in [4.69, 9.17) is 5.11 Å². The van der Waals surface area contributed by atoms with Crippen molar-refractivity contribution in [2.75, 3.05) is 11.5 Å². The fourth-order valence-electron chi connectivity index (χ4n) is 2.62. The highest BCUT2D eigenvalue weighted by Crippen LogP contribution is 2.27. The van der Waals surface area contributed by atoms with Gasteiger partial charge >= 0.3 is 5.97 Å². The van der Waals surface area contributed by atoms with E-state index < -0.39 is 33.4 Å². The van der Waals surface area contributed by atoms with Gasteiger partial charge in [0.1, 0.15) is 5.75 Å². The molecule has 2 N–H and O–H groups in total. The Morgan fingerprint density at radius 1 is 1.17 bits per heavy atom. The monoisotopic (exact) mass is 339 g/mol. The summed E-state index contributed by atoms with van der Waals surface area (Å²) in [5.74, 6) is -2.40. The first-order valence-corrected chi connectivity index (χ1v) is 9.44. The topological polar surface area (TPSA) is 101 Å². The van der Waals surface area contributed by atoms with Gasteiger partial charge in [0.25, 0.3) is 0 Å². The summed E-state index contributed by atoms with van der Waals surface area (Å²) in [4.78, 5) is 22.4. The molecule has 1 aliphatic rings. The molecule has 0 saturated heterocycles. The largest absolute Gasteiger partial charge is 0.481 e. The molecule has 7 heteroatoms. The van der Waals surface area contributed by atoms with Gasteiger partial charge in [-0.3, -0.25) is 9.59 Å². The standard InChI is InChI=1S/C16H21NO5S/c18-15(17-14-9-13(10-14)16(19)20)11-23(21,22)8-4-7-12-5-2-1-3-6-12/h1-3,5-6,13-14H,4,7-11H2,(H,17,18)(H,19,20). The van der Waals surface area contributed by atoms with Gasteiger partial charge in [-0.25, -0.2) is 8.42 Å². The Morgan fingerprint density at radius 3 is 2.43 bits per heavy atom. The summed E-state index contributed by atoms with van der Waals surface area (Å²) in [5.41, 5.74) is 1.07. The number of benzene rings is 1. The van der Waals surface area contributed by atoms with E-state index in [-0.39, 0.29) is 11.8 Å². The molecule has 1 aliphatic carbocycles. The number of hydrogen-bond donors (Lipinski definition) is 2. The zero-order valence-corrected chi connectivity index (χ0v) is 13.6. The van der Waals surface area contributed by atoms with E-state index in [1.54, 1.807) is 0 Å². The lowest BCUT2D eigenvalue weighted by molar-refractivity contribution is -0.146. The summed E-state index contributed by atoms with van der Waals surface area (Å²) in [5, 5.41) is 11.3. The predicted molar refractivity (Wildman–Crippen MR) is 85.7 cm³/mol. The number of amides is 1. The highest BCUT2D eigenvalue weighted by molar-refractivity contribution is 7.92. The van der Waals surface area contributed by atoms with Gasteiger partial charge in [-0.1, -0.05) is 30.3 Å². The second-order valence-electron chi connectivity index (χ2n) is 5.95. The first kappa shape index (κ1) is 17.5. The molecule has 1 fully saturated rings. The molecule has 0 heterocycles. The van der Waals surface area contributed by atoms with Crippen molar-refractivity contribution in [1.29, 1.82) is 0 Å². The second-order valence-corrected chi connectivity index (χ2v) is 8.14. The summed E-state index contributed by atoms with van der Waals surface area (Å²) in [6.07, 6.45) is 1.87. The normalized spacial score (nSPS) is 20.5. The Labute approximate surface area is 135 Å². The van der Waals surface area contributed by atoms with Crippen molar-refractivity contribution in [1.82, 2.24) is 5.32 Å². The van der Waals surface area contributed by atoms with Crippen LogP contribution in [0.5, 0.6) is 0 Å². The fraction of sp³-hybridized carbons (Fsp3) is 0.500. The third-order valence-corrected chi connectivity index (χ3v) is 5.58. The van der Waals surface area contributed by atoms with Gasteiger partial charge in [-0.2, -0.15) is 0 Å². The second kappa shape index (κ2) is 7.59. The third-order valence-electron chi connectivity index (χ3n) is 3.97. The van der Waals surface area contributed by atoms with Crippen LogP contribution in [0.1, 0.15) is 24.8 Å². The minimum Gasteiger partial charge on any atom is -0.481 e. The molecule has 0 spiro atoms. The summed E-state index contributed by atoms with van der Waals surface area (Å²) < 4.78 is 23.9. The molecule has 0 bridgehead atoms. The van der Waals surface area contributed by atoms with Crippen LogP contribution in [0.15, 0.2) is 30.3 Å². The lowest BCUT2D eigenvalue weighted by atomic mass is 9.80. The van der Waals surface area contributed by atoms with E-state index in [1.807, 2.05) is 30.3 Å². The Morgan fingerprint density at radius 2 is 1.83 bits per heavy atom. The Bertz CT molecular complexity index is 650. The number of aliphatic carboxylic acids is 1. The van der Waals surface area contributed by atoms with Gasteiger partial charge in [-0.15, -0.1) is 0 Å². The number of aryl methyl sites for hydroxylation is 1. The van der Waals surface area contributed by atoms with Gasteiger partial charge < -0.3 is 10.4 Å². The summed E-state index contributed by atoms with van der Waals surface area (Å²) >= 11 is 0. The predicted octanol–water partition coefficient (Wildman–Crippen LogP) is 1.01. The van der Waals surface area contributed by atoms with Crippen molar-refractivity contribution in [3.63, 3.8) is 0 Å². The van der Waals surface area contributed by atoms with Gasteiger partial charge in [-0.05, 0) is 31.2 Å². The zero-order chi connectivity index (χ0) is 16.9. The molecule has 0 aromatic heterocycles. The molecule has 0 unspecified atom stereocenters. The van der Waals surface area contributed by atoms with Gasteiger partial charge in [0.2, 0.25) is 5.91 Å². The number of carbonyl (C=O) groups is 2. The molecular weight excluding hydrogens is 318 g/mol. The van der Waals surface area contributed by atoms with E-state index in [1.165, 1.54) is 0 Å². The average molecular weight is 339 g/mol. The number of sulfone groups is 1. The van der Waals surface area contributed by atoms with E-state index in [0.717, 1.165) is 5.56 Å². The van der Waals surface area contributed by atoms with Crippen LogP contribution in [0, 0.1) is 5.92 Å². The molecular formula is C16H21NO5S. The maximum atomic E-state index is 11.9. The maximum absolute atomic E-state index is 11.9. The molecule has 2 rings (SSSR count). The van der Waals surface area contributed by atoms with Crippen molar-refractivity contribution in [2.45, 2.75) is 31.7 Å². The SMILES string of the molecule is O=C(CS(=O)(=O)CCCc1ccccc1)NC1CC(C(=O)O)C1. The van der Waals surface area contributed by atoms with Crippen molar-refractivity contribution >= 4 is 21.7 Å². The first-order valence-electron chi connectivity index (χ1n) is 7.62. The molecule has 1 saturated carbocycles. The maximum Gasteiger partial charge on any atom is 0.306 e. The number of rotatable bonds is 8. The van der Waals surface area contributed by atoms with Crippen LogP contribution >= 0.6 is 0 Å². The number of carboxylic acids is 1. The molecule has 1 aromatic carbocycles. The van der Waals surface area contributed by atoms with E-state index in [0.29, 0.717) is 25.7 Å². The average Bonchev–Trinajstić information content (AvgIpc) is 2.42. The molecule has 126 valence electrons. The number of hydrogen-bond acceptors (Lipinski definition) is 4. The molecule has 6 nitrogen and oxygen atoms in total. The van der Waals surface area contributed by atoms with Gasteiger partial charge in [0.05, 0.1) is 11.7 Å². The van der Waals surface area contributed by atoms with Crippen molar-refractivity contribution < 1.29 is 23.1 Å². The van der Waals surface area contributed by atoms with Crippen LogP contribution in [0.3, 0.4) is 0 Å². The minimum atomic E-state index is -3.44. The smallest absolute Gasteiger partial charge is 0.306 e. The summed E-state index contributed by atoms with van der Waals surface area (Å²) in [6, 6.07) is 9.37. The van der Waals surface area contributed by atoms with E-state index in [9.17, 15) is 18.0 Å². The lowest BCUT2D eigenvalue weighted by Crippen LogP contribution is -2.48. The van der Waals surface area contributed by atoms with Crippen LogP contribution in [0.4, 0.5) is 0 Å². The molecule has 0 aliphatic heterocycles. The molecule has 1 amide bonds. The quantitative estimate of drug-likeness (QED) is 0.736. The molecule has 0 radical (unpaired) electrons. The van der Waals surface area contributed by atoms with Gasteiger partial charge in [0.15, 0.2) is 9.84 Å². The fourth-order valence-corrected chi connectivity index (χ4v) is 3.83. The van der Waals surface area contributed by atoms with Crippen LogP contribution in [0.25, 0.3) is 0 Å². The van der Waals surface area contributed by atoms with E-state index >= 15 is 0 Å². The highest BCUT2D eigenvalue weighted by atomic mass is 32.2. The van der Waals surface area contributed by atoms with Crippen LogP contribution in [-0.4, -0.2) is 42.9 Å². The first-order chi connectivity index (χ1) is 10.9. The van der Waals surface area contributed by atoms with Crippen molar-refractivity contribution in [3.05, 3.63) is 35.9 Å². The molecule has 0 atom stereocenters. The highest BCUT2D eigenvalue weighted by Gasteiger charge is 2.35. The summed E-state index contributed by atoms with van der Waals surface area (Å²) in [6.45, 7) is 0. The lowest BCUT2D eigenvalue weighted by Gasteiger charge is -2.32.